The molecule has 2 N–H and O–H groups in total. The van der Waals surface area contributed by atoms with E-state index in [1.54, 1.807) is 0 Å². The highest BCUT2D eigenvalue weighted by Gasteiger charge is 2.33. The van der Waals surface area contributed by atoms with Crippen molar-refractivity contribution in [2.75, 3.05) is 6.54 Å². The summed E-state index contributed by atoms with van der Waals surface area (Å²) in [4.78, 5) is 2.55. The molecule has 0 aliphatic carbocycles. The van der Waals surface area contributed by atoms with Gasteiger partial charge in [0.25, 0.3) is 0 Å². The zero-order valence-electron chi connectivity index (χ0n) is 11.7. The Morgan fingerprint density at radius 3 is 1.80 bits per heavy atom. The van der Waals surface area contributed by atoms with Crippen LogP contribution < -0.4 is 5.73 Å². The third-order valence-electron chi connectivity index (χ3n) is 2.89. The lowest BCUT2D eigenvalue weighted by atomic mass is 9.81. The van der Waals surface area contributed by atoms with E-state index in [0.29, 0.717) is 12.1 Å². The number of hydrogen-bond acceptors (Lipinski definition) is 2. The van der Waals surface area contributed by atoms with Gasteiger partial charge in [0, 0.05) is 18.1 Å². The molecule has 2 nitrogen and oxygen atoms in total. The van der Waals surface area contributed by atoms with Crippen LogP contribution >= 0.6 is 0 Å². The van der Waals surface area contributed by atoms with Gasteiger partial charge in [-0.3, -0.25) is 4.90 Å². The summed E-state index contributed by atoms with van der Waals surface area (Å²) in [5.74, 6) is 0. The van der Waals surface area contributed by atoms with Gasteiger partial charge < -0.3 is 5.73 Å². The second-order valence-corrected chi connectivity index (χ2v) is 6.00. The average Bonchev–Trinajstić information content (AvgIpc) is 1.99. The molecule has 0 radical (unpaired) electrons. The lowest BCUT2D eigenvalue weighted by Gasteiger charge is -2.44. The summed E-state index contributed by atoms with van der Waals surface area (Å²) >= 11 is 0. The molecule has 2 atom stereocenters. The molecule has 0 bridgehead atoms. The predicted octanol–water partition coefficient (Wildman–Crippen LogP) is 2.87. The van der Waals surface area contributed by atoms with Gasteiger partial charge in [0.05, 0.1) is 0 Å². The maximum absolute atomic E-state index is 6.15. The van der Waals surface area contributed by atoms with Crippen LogP contribution in [0.1, 0.15) is 54.9 Å². The van der Waals surface area contributed by atoms with Gasteiger partial charge >= 0.3 is 0 Å². The normalized spacial score (nSPS) is 17.2. The zero-order valence-corrected chi connectivity index (χ0v) is 11.7. The number of hydrogen-bond donors (Lipinski definition) is 1. The summed E-state index contributed by atoms with van der Waals surface area (Å²) in [5, 5.41) is 0. The molecular formula is C13H30N2. The molecule has 0 saturated carbocycles. The Balaban J connectivity index is 4.85. The fourth-order valence-corrected chi connectivity index (χ4v) is 2.56. The maximum atomic E-state index is 6.15. The molecule has 0 rings (SSSR count). The van der Waals surface area contributed by atoms with Crippen LogP contribution in [0.15, 0.2) is 0 Å². The van der Waals surface area contributed by atoms with Gasteiger partial charge in [-0.15, -0.1) is 0 Å². The largest absolute Gasteiger partial charge is 0.327 e. The first-order valence-corrected chi connectivity index (χ1v) is 6.23. The van der Waals surface area contributed by atoms with E-state index in [9.17, 15) is 0 Å². The Morgan fingerprint density at radius 1 is 1.13 bits per heavy atom. The Bertz CT molecular complexity index is 168. The molecule has 0 amide bonds. The second-order valence-electron chi connectivity index (χ2n) is 6.00. The molecule has 0 aliphatic rings. The summed E-state index contributed by atoms with van der Waals surface area (Å²) in [6.45, 7) is 16.9. The van der Waals surface area contributed by atoms with Crippen molar-refractivity contribution in [3.8, 4) is 0 Å². The van der Waals surface area contributed by atoms with Gasteiger partial charge in [0.2, 0.25) is 0 Å². The Hall–Kier alpha value is -0.0800. The Morgan fingerprint density at radius 2 is 1.60 bits per heavy atom. The molecule has 92 valence electrons. The quantitative estimate of drug-likeness (QED) is 0.762. The molecular weight excluding hydrogens is 184 g/mol. The summed E-state index contributed by atoms with van der Waals surface area (Å²) in [5.41, 5.74) is 6.39. The third kappa shape index (κ3) is 4.52. The smallest absolute Gasteiger partial charge is 0.0295 e. The molecule has 0 aromatic heterocycles. The van der Waals surface area contributed by atoms with Crippen molar-refractivity contribution in [3.05, 3.63) is 0 Å². The van der Waals surface area contributed by atoms with Crippen LogP contribution in [0.4, 0.5) is 0 Å². The first kappa shape index (κ1) is 14.9. The standard InChI is InChI=1S/C13H30N2/c1-8-9-15(10(2)3)12(11(4)14)13(5,6)7/h10-12H,8-9,14H2,1-7H3. The number of nitrogens with zero attached hydrogens (tertiary/aromatic N) is 1. The van der Waals surface area contributed by atoms with E-state index < -0.39 is 0 Å². The molecule has 0 spiro atoms. The monoisotopic (exact) mass is 214 g/mol. The van der Waals surface area contributed by atoms with E-state index in [1.165, 1.54) is 6.42 Å². The highest BCUT2D eigenvalue weighted by Crippen LogP contribution is 2.28. The minimum absolute atomic E-state index is 0.221. The SMILES string of the molecule is CCCN(C(C)C)C(C(C)N)C(C)(C)C. The lowest BCUT2D eigenvalue weighted by molar-refractivity contribution is 0.0556. The van der Waals surface area contributed by atoms with Crippen LogP contribution in [-0.4, -0.2) is 29.6 Å². The number of nitrogens with two attached hydrogens (primary N) is 1. The van der Waals surface area contributed by atoms with E-state index in [2.05, 4.69) is 53.4 Å². The molecule has 15 heavy (non-hydrogen) atoms. The zero-order chi connectivity index (χ0) is 12.2. The highest BCUT2D eigenvalue weighted by atomic mass is 15.2. The van der Waals surface area contributed by atoms with Crippen LogP contribution in [0.5, 0.6) is 0 Å². The van der Waals surface area contributed by atoms with Crippen LogP contribution in [0.3, 0.4) is 0 Å². The van der Waals surface area contributed by atoms with Crippen molar-refractivity contribution in [2.45, 2.75) is 73.0 Å². The molecule has 2 unspecified atom stereocenters. The van der Waals surface area contributed by atoms with Gasteiger partial charge in [-0.2, -0.15) is 0 Å². The molecule has 2 heteroatoms. The summed E-state index contributed by atoms with van der Waals surface area (Å²) < 4.78 is 0. The van der Waals surface area contributed by atoms with E-state index in [4.69, 9.17) is 5.73 Å². The summed E-state index contributed by atoms with van der Waals surface area (Å²) in [6, 6.07) is 1.25. The molecule has 0 fully saturated rings. The minimum atomic E-state index is 0.221. The van der Waals surface area contributed by atoms with Crippen molar-refractivity contribution in [2.24, 2.45) is 11.1 Å². The van der Waals surface area contributed by atoms with Crippen molar-refractivity contribution in [1.29, 1.82) is 0 Å². The Kier molecular flexibility index (Phi) is 5.82. The van der Waals surface area contributed by atoms with Crippen molar-refractivity contribution in [3.63, 3.8) is 0 Å². The molecule has 0 heterocycles. The maximum Gasteiger partial charge on any atom is 0.0295 e. The average molecular weight is 214 g/mol. The van der Waals surface area contributed by atoms with Crippen LogP contribution in [0.2, 0.25) is 0 Å². The topological polar surface area (TPSA) is 29.3 Å². The molecule has 0 aliphatic heterocycles. The van der Waals surface area contributed by atoms with Crippen molar-refractivity contribution < 1.29 is 0 Å². The van der Waals surface area contributed by atoms with E-state index in [1.807, 2.05) is 0 Å². The Labute approximate surface area is 96.2 Å². The second kappa shape index (κ2) is 5.86. The van der Waals surface area contributed by atoms with Crippen molar-refractivity contribution in [1.82, 2.24) is 4.90 Å². The lowest BCUT2D eigenvalue weighted by Crippen LogP contribution is -2.56. The van der Waals surface area contributed by atoms with Crippen molar-refractivity contribution >= 4 is 0 Å². The fourth-order valence-electron chi connectivity index (χ4n) is 2.56. The minimum Gasteiger partial charge on any atom is -0.327 e. The van der Waals surface area contributed by atoms with Gasteiger partial charge in [-0.1, -0.05) is 27.7 Å². The van der Waals surface area contributed by atoms with Gasteiger partial charge in [-0.25, -0.2) is 0 Å². The molecule has 0 saturated heterocycles. The summed E-state index contributed by atoms with van der Waals surface area (Å²) in [7, 11) is 0. The fraction of sp³-hybridized carbons (Fsp3) is 1.00. The molecule has 0 aromatic rings. The van der Waals surface area contributed by atoms with Gasteiger partial charge in [0.15, 0.2) is 0 Å². The first-order valence-electron chi connectivity index (χ1n) is 6.23. The number of rotatable bonds is 5. The van der Waals surface area contributed by atoms with Crippen LogP contribution in [0, 0.1) is 5.41 Å². The van der Waals surface area contributed by atoms with Gasteiger partial charge in [0.1, 0.15) is 0 Å². The summed E-state index contributed by atoms with van der Waals surface area (Å²) in [6.07, 6.45) is 1.19. The molecule has 0 aromatic carbocycles. The van der Waals surface area contributed by atoms with Crippen LogP contribution in [0.25, 0.3) is 0 Å². The third-order valence-corrected chi connectivity index (χ3v) is 2.89. The highest BCUT2D eigenvalue weighted by molar-refractivity contribution is 4.90. The first-order chi connectivity index (χ1) is 6.71. The van der Waals surface area contributed by atoms with E-state index in [-0.39, 0.29) is 11.5 Å². The van der Waals surface area contributed by atoms with E-state index >= 15 is 0 Å². The van der Waals surface area contributed by atoms with Crippen LogP contribution in [-0.2, 0) is 0 Å². The van der Waals surface area contributed by atoms with Gasteiger partial charge in [-0.05, 0) is 39.2 Å². The predicted molar refractivity (Wildman–Crippen MR) is 69.0 cm³/mol. The van der Waals surface area contributed by atoms with E-state index in [0.717, 1.165) is 6.54 Å².